The first-order valence-electron chi connectivity index (χ1n) is 8.56. The topological polar surface area (TPSA) is 15.3 Å². The lowest BCUT2D eigenvalue weighted by Crippen LogP contribution is -2.61. The molecular formula is C17H36N2. The fourth-order valence-electron chi connectivity index (χ4n) is 4.01. The van der Waals surface area contributed by atoms with E-state index in [1.807, 2.05) is 0 Å². The van der Waals surface area contributed by atoms with E-state index in [2.05, 4.69) is 51.8 Å². The third-order valence-corrected chi connectivity index (χ3v) is 5.81. The molecule has 1 fully saturated rings. The van der Waals surface area contributed by atoms with E-state index in [-0.39, 0.29) is 0 Å². The molecule has 1 aliphatic heterocycles. The van der Waals surface area contributed by atoms with Crippen molar-refractivity contribution in [2.75, 3.05) is 13.1 Å². The van der Waals surface area contributed by atoms with Gasteiger partial charge in [0, 0.05) is 24.2 Å². The van der Waals surface area contributed by atoms with Gasteiger partial charge in [0.2, 0.25) is 0 Å². The molecule has 1 N–H and O–H groups in total. The second kappa shape index (κ2) is 7.64. The van der Waals surface area contributed by atoms with Crippen molar-refractivity contribution in [2.24, 2.45) is 5.92 Å². The fraction of sp³-hybridized carbons (Fsp3) is 1.00. The van der Waals surface area contributed by atoms with Crippen molar-refractivity contribution >= 4 is 0 Å². The number of piperidine rings is 1. The molecule has 0 amide bonds. The summed E-state index contributed by atoms with van der Waals surface area (Å²) in [5.74, 6) is 0.754. The van der Waals surface area contributed by atoms with Crippen molar-refractivity contribution in [3.63, 3.8) is 0 Å². The predicted molar refractivity (Wildman–Crippen MR) is 85.6 cm³/mol. The number of nitrogens with zero attached hydrogens (tertiary/aromatic N) is 1. The van der Waals surface area contributed by atoms with Crippen LogP contribution in [0.4, 0.5) is 0 Å². The number of rotatable bonds is 7. The van der Waals surface area contributed by atoms with Gasteiger partial charge in [0.05, 0.1) is 0 Å². The molecule has 3 atom stereocenters. The lowest BCUT2D eigenvalue weighted by molar-refractivity contribution is -0.0209. The highest BCUT2D eigenvalue weighted by atomic mass is 15.2. The first-order chi connectivity index (χ1) is 9.06. The van der Waals surface area contributed by atoms with Crippen LogP contribution in [0, 0.1) is 5.92 Å². The number of hydrogen-bond donors (Lipinski definition) is 1. The van der Waals surface area contributed by atoms with E-state index >= 15 is 0 Å². The lowest BCUT2D eigenvalue weighted by Gasteiger charge is -2.53. The van der Waals surface area contributed by atoms with Crippen molar-refractivity contribution in [3.05, 3.63) is 0 Å². The second-order valence-electron chi connectivity index (χ2n) is 6.43. The molecule has 1 aliphatic rings. The molecule has 0 radical (unpaired) electrons. The minimum absolute atomic E-state index is 0.434. The van der Waals surface area contributed by atoms with Crippen LogP contribution < -0.4 is 5.32 Å². The summed E-state index contributed by atoms with van der Waals surface area (Å²) in [5, 5.41) is 3.75. The maximum absolute atomic E-state index is 3.75. The Labute approximate surface area is 121 Å². The average molecular weight is 268 g/mol. The molecule has 2 nitrogen and oxygen atoms in total. The van der Waals surface area contributed by atoms with Gasteiger partial charge in [0.25, 0.3) is 0 Å². The van der Waals surface area contributed by atoms with Crippen LogP contribution in [-0.4, -0.2) is 35.6 Å². The van der Waals surface area contributed by atoms with Crippen LogP contribution in [0.5, 0.6) is 0 Å². The molecule has 0 aliphatic carbocycles. The van der Waals surface area contributed by atoms with Crippen LogP contribution in [-0.2, 0) is 0 Å². The van der Waals surface area contributed by atoms with E-state index in [9.17, 15) is 0 Å². The van der Waals surface area contributed by atoms with Crippen LogP contribution >= 0.6 is 0 Å². The van der Waals surface area contributed by atoms with Gasteiger partial charge in [0.15, 0.2) is 0 Å². The third kappa shape index (κ3) is 3.52. The Morgan fingerprint density at radius 2 is 1.63 bits per heavy atom. The normalized spacial score (nSPS) is 29.7. The van der Waals surface area contributed by atoms with Gasteiger partial charge in [-0.25, -0.2) is 0 Å². The zero-order valence-electron chi connectivity index (χ0n) is 14.1. The Balaban J connectivity index is 2.75. The minimum Gasteiger partial charge on any atom is -0.314 e. The Morgan fingerprint density at radius 3 is 2.11 bits per heavy atom. The number of hydrogen-bond acceptors (Lipinski definition) is 2. The predicted octanol–water partition coefficient (Wildman–Crippen LogP) is 4.05. The minimum atomic E-state index is 0.434. The Bertz CT molecular complexity index is 239. The highest BCUT2D eigenvalue weighted by Crippen LogP contribution is 2.36. The van der Waals surface area contributed by atoms with Crippen LogP contribution in [0.1, 0.15) is 73.6 Å². The first-order valence-corrected chi connectivity index (χ1v) is 8.56. The summed E-state index contributed by atoms with van der Waals surface area (Å²) >= 11 is 0. The standard InChI is InChI=1S/C17H36N2/c1-7-12-18-16-11-13-19(15(6)14(16)5)17(8-2,9-3)10-4/h14-16,18H,7-13H2,1-6H3. The Hall–Kier alpha value is -0.0800. The molecule has 1 rings (SSSR count). The molecule has 0 aromatic rings. The zero-order chi connectivity index (χ0) is 14.5. The van der Waals surface area contributed by atoms with Crippen molar-refractivity contribution in [1.82, 2.24) is 10.2 Å². The van der Waals surface area contributed by atoms with Crippen molar-refractivity contribution in [2.45, 2.75) is 91.3 Å². The van der Waals surface area contributed by atoms with Crippen LogP contribution in [0.25, 0.3) is 0 Å². The van der Waals surface area contributed by atoms with E-state index < -0.39 is 0 Å². The molecule has 2 heteroatoms. The molecule has 0 spiro atoms. The molecule has 114 valence electrons. The van der Waals surface area contributed by atoms with Crippen LogP contribution in [0.2, 0.25) is 0 Å². The number of nitrogens with one attached hydrogen (secondary N) is 1. The lowest BCUT2D eigenvalue weighted by atomic mass is 9.79. The monoisotopic (exact) mass is 268 g/mol. The van der Waals surface area contributed by atoms with Crippen LogP contribution in [0.15, 0.2) is 0 Å². The molecule has 3 unspecified atom stereocenters. The van der Waals surface area contributed by atoms with E-state index in [4.69, 9.17) is 0 Å². The Morgan fingerprint density at radius 1 is 1.05 bits per heavy atom. The SMILES string of the molecule is CCCNC1CCN(C(CC)(CC)CC)C(C)C1C. The highest BCUT2D eigenvalue weighted by molar-refractivity contribution is 4.97. The molecule has 0 aromatic heterocycles. The van der Waals surface area contributed by atoms with Gasteiger partial charge in [-0.05, 0) is 51.5 Å². The van der Waals surface area contributed by atoms with E-state index in [1.54, 1.807) is 0 Å². The summed E-state index contributed by atoms with van der Waals surface area (Å²) in [6.45, 7) is 16.7. The largest absolute Gasteiger partial charge is 0.314 e. The van der Waals surface area contributed by atoms with Crippen molar-refractivity contribution in [1.29, 1.82) is 0 Å². The highest BCUT2D eigenvalue weighted by Gasteiger charge is 2.41. The molecule has 0 saturated carbocycles. The van der Waals surface area contributed by atoms with Gasteiger partial charge in [-0.15, -0.1) is 0 Å². The van der Waals surface area contributed by atoms with Gasteiger partial charge in [-0.1, -0.05) is 34.6 Å². The molecule has 19 heavy (non-hydrogen) atoms. The number of likely N-dealkylation sites (tertiary alicyclic amines) is 1. The van der Waals surface area contributed by atoms with Gasteiger partial charge in [-0.3, -0.25) is 4.90 Å². The molecular weight excluding hydrogens is 232 g/mol. The summed E-state index contributed by atoms with van der Waals surface area (Å²) < 4.78 is 0. The summed E-state index contributed by atoms with van der Waals surface area (Å²) in [7, 11) is 0. The van der Waals surface area contributed by atoms with E-state index in [0.29, 0.717) is 11.6 Å². The van der Waals surface area contributed by atoms with Gasteiger partial charge < -0.3 is 5.32 Å². The quantitative estimate of drug-likeness (QED) is 0.749. The van der Waals surface area contributed by atoms with Crippen LogP contribution in [0.3, 0.4) is 0 Å². The summed E-state index contributed by atoms with van der Waals surface area (Å²) in [6, 6.07) is 1.41. The summed E-state index contributed by atoms with van der Waals surface area (Å²) in [5.41, 5.74) is 0.434. The summed E-state index contributed by atoms with van der Waals surface area (Å²) in [4.78, 5) is 2.82. The van der Waals surface area contributed by atoms with E-state index in [0.717, 1.165) is 12.0 Å². The Kier molecular flexibility index (Phi) is 6.82. The maximum atomic E-state index is 3.75. The van der Waals surface area contributed by atoms with Gasteiger partial charge in [0.1, 0.15) is 0 Å². The zero-order valence-corrected chi connectivity index (χ0v) is 14.1. The van der Waals surface area contributed by atoms with E-state index in [1.165, 1.54) is 45.2 Å². The third-order valence-electron chi connectivity index (χ3n) is 5.81. The molecule has 1 saturated heterocycles. The average Bonchev–Trinajstić information content (AvgIpc) is 2.44. The summed E-state index contributed by atoms with van der Waals surface area (Å²) in [6.07, 6.45) is 6.40. The first kappa shape index (κ1) is 17.0. The molecule has 1 heterocycles. The van der Waals surface area contributed by atoms with Crippen molar-refractivity contribution < 1.29 is 0 Å². The van der Waals surface area contributed by atoms with Gasteiger partial charge >= 0.3 is 0 Å². The smallest absolute Gasteiger partial charge is 0.0204 e. The molecule has 0 aromatic carbocycles. The maximum Gasteiger partial charge on any atom is 0.0204 e. The van der Waals surface area contributed by atoms with Gasteiger partial charge in [-0.2, -0.15) is 0 Å². The molecule has 0 bridgehead atoms. The fourth-order valence-corrected chi connectivity index (χ4v) is 4.01. The van der Waals surface area contributed by atoms with Crippen molar-refractivity contribution in [3.8, 4) is 0 Å². The second-order valence-corrected chi connectivity index (χ2v) is 6.43.